The maximum atomic E-state index is 10.6. The minimum Gasteiger partial charge on any atom is -0.456 e. The summed E-state index contributed by atoms with van der Waals surface area (Å²) >= 11 is 0. The van der Waals surface area contributed by atoms with Crippen molar-refractivity contribution in [2.75, 3.05) is 0 Å². The van der Waals surface area contributed by atoms with Gasteiger partial charge in [0.2, 0.25) is 0 Å². The molecule has 250 valence electrons. The molecule has 4 heterocycles. The lowest BCUT2D eigenvalue weighted by Gasteiger charge is -2.13. The summed E-state index contributed by atoms with van der Waals surface area (Å²) in [6.45, 7) is 0. The van der Waals surface area contributed by atoms with Crippen molar-refractivity contribution in [3.05, 3.63) is 169 Å². The maximum Gasteiger partial charge on any atom is 0.136 e. The molecule has 0 atom stereocenters. The molecule has 0 saturated heterocycles. The predicted octanol–water partition coefficient (Wildman–Crippen LogP) is 13.2. The molecule has 0 N–H and O–H groups in total. The Bertz CT molecular complexity index is 3570. The largest absolute Gasteiger partial charge is 0.456 e. The lowest BCUT2D eigenvalue weighted by molar-refractivity contribution is 0.669. The van der Waals surface area contributed by atoms with Crippen LogP contribution in [0.3, 0.4) is 0 Å². The quantitative estimate of drug-likeness (QED) is 0.185. The first-order valence-electron chi connectivity index (χ1n) is 18.1. The number of fused-ring (bicyclic) bond motifs is 12. The normalized spacial score (nSPS) is 12.1. The average Bonchev–Trinajstić information content (AvgIpc) is 3.96. The molecule has 12 aromatic rings. The lowest BCUT2D eigenvalue weighted by atomic mass is 10.0. The van der Waals surface area contributed by atoms with Crippen LogP contribution in [0.4, 0.5) is 0 Å². The Morgan fingerprint density at radius 3 is 1.46 bits per heavy atom. The van der Waals surface area contributed by atoms with Gasteiger partial charge in [0, 0.05) is 48.8 Å². The third kappa shape index (κ3) is 3.97. The molecule has 0 radical (unpaired) electrons. The summed E-state index contributed by atoms with van der Waals surface area (Å²) in [6.07, 6.45) is 0. The van der Waals surface area contributed by atoms with E-state index in [0.717, 1.165) is 105 Å². The highest BCUT2D eigenvalue weighted by atomic mass is 16.3. The second-order valence-corrected chi connectivity index (χ2v) is 14.0. The van der Waals surface area contributed by atoms with Crippen LogP contribution in [0.5, 0.6) is 0 Å². The maximum absolute atomic E-state index is 10.6. The summed E-state index contributed by atoms with van der Waals surface area (Å²) in [5, 5.41) is 19.5. The highest BCUT2D eigenvalue weighted by Crippen LogP contribution is 2.41. The Labute approximate surface area is 307 Å². The topological polar surface area (TPSA) is 59.9 Å². The van der Waals surface area contributed by atoms with Crippen molar-refractivity contribution < 1.29 is 8.83 Å². The summed E-state index contributed by atoms with van der Waals surface area (Å²) in [6, 6.07) is 59.5. The number of hydrogen-bond acceptors (Lipinski definition) is 3. The van der Waals surface area contributed by atoms with Crippen molar-refractivity contribution in [1.82, 2.24) is 9.13 Å². The van der Waals surface area contributed by atoms with E-state index in [9.17, 15) is 5.26 Å². The number of nitrogens with zero attached hydrogens (tertiary/aromatic N) is 3. The number of aromatic nitrogens is 2. The highest BCUT2D eigenvalue weighted by molar-refractivity contribution is 6.18. The van der Waals surface area contributed by atoms with Gasteiger partial charge >= 0.3 is 0 Å². The molecule has 4 aromatic heterocycles. The van der Waals surface area contributed by atoms with Gasteiger partial charge in [0.25, 0.3) is 0 Å². The molecule has 0 fully saturated rings. The van der Waals surface area contributed by atoms with Crippen molar-refractivity contribution in [3.8, 4) is 28.6 Å². The fourth-order valence-corrected chi connectivity index (χ4v) is 8.71. The average molecular weight is 690 g/mol. The third-order valence-corrected chi connectivity index (χ3v) is 11.2. The summed E-state index contributed by atoms with van der Waals surface area (Å²) < 4.78 is 17.1. The Morgan fingerprint density at radius 1 is 0.370 bits per heavy atom. The molecule has 0 aliphatic heterocycles. The van der Waals surface area contributed by atoms with Crippen LogP contribution in [0.2, 0.25) is 0 Å². The molecule has 12 rings (SSSR count). The minimum atomic E-state index is 0.607. The lowest BCUT2D eigenvalue weighted by Crippen LogP contribution is -1.98. The number of furan rings is 2. The Balaban J connectivity index is 0.997. The molecule has 5 heteroatoms. The van der Waals surface area contributed by atoms with Crippen molar-refractivity contribution >= 4 is 87.5 Å². The molecular formula is C49H27N3O2. The second kappa shape index (κ2) is 10.7. The SMILES string of the molecule is N#Cc1cc(-c2ccc(-n3c4ccccc4c4cc5oc6ccccc6c5cc43)cc2)ccc1-n1c2ccccc2c2cc3oc4ccccc4c3cc21. The van der Waals surface area contributed by atoms with Crippen molar-refractivity contribution in [3.63, 3.8) is 0 Å². The van der Waals surface area contributed by atoms with E-state index in [2.05, 4.69) is 143 Å². The van der Waals surface area contributed by atoms with Gasteiger partial charge in [0.1, 0.15) is 28.4 Å². The second-order valence-electron chi connectivity index (χ2n) is 14.0. The monoisotopic (exact) mass is 689 g/mol. The van der Waals surface area contributed by atoms with Gasteiger partial charge in [-0.15, -0.1) is 0 Å². The first-order chi connectivity index (χ1) is 26.7. The zero-order chi connectivity index (χ0) is 35.5. The van der Waals surface area contributed by atoms with Crippen LogP contribution < -0.4 is 0 Å². The number of benzene rings is 8. The summed E-state index contributed by atoms with van der Waals surface area (Å²) in [5.41, 5.74) is 12.4. The van der Waals surface area contributed by atoms with Gasteiger partial charge in [-0.05, 0) is 83.9 Å². The smallest absolute Gasteiger partial charge is 0.136 e. The van der Waals surface area contributed by atoms with Gasteiger partial charge in [-0.25, -0.2) is 0 Å². The van der Waals surface area contributed by atoms with Crippen molar-refractivity contribution in [2.45, 2.75) is 0 Å². The molecule has 54 heavy (non-hydrogen) atoms. The molecule has 0 spiro atoms. The third-order valence-electron chi connectivity index (χ3n) is 11.2. The molecule has 0 aliphatic rings. The molecule has 0 amide bonds. The van der Waals surface area contributed by atoms with Crippen LogP contribution in [0, 0.1) is 11.3 Å². The zero-order valence-electron chi connectivity index (χ0n) is 28.7. The highest BCUT2D eigenvalue weighted by Gasteiger charge is 2.20. The van der Waals surface area contributed by atoms with Gasteiger partial charge in [0.15, 0.2) is 0 Å². The van der Waals surface area contributed by atoms with Gasteiger partial charge in [-0.1, -0.05) is 91.0 Å². The van der Waals surface area contributed by atoms with Crippen LogP contribution in [-0.4, -0.2) is 9.13 Å². The molecule has 8 aromatic carbocycles. The van der Waals surface area contributed by atoms with Crippen LogP contribution in [-0.2, 0) is 0 Å². The Hall–Kier alpha value is -7.55. The van der Waals surface area contributed by atoms with E-state index in [0.29, 0.717) is 5.56 Å². The van der Waals surface area contributed by atoms with E-state index in [1.807, 2.05) is 36.4 Å². The molecule has 5 nitrogen and oxygen atoms in total. The fourth-order valence-electron chi connectivity index (χ4n) is 8.71. The van der Waals surface area contributed by atoms with E-state index >= 15 is 0 Å². The molecule has 0 aliphatic carbocycles. The summed E-state index contributed by atoms with van der Waals surface area (Å²) in [4.78, 5) is 0. The van der Waals surface area contributed by atoms with E-state index < -0.39 is 0 Å². The van der Waals surface area contributed by atoms with Crippen LogP contribution >= 0.6 is 0 Å². The molecule has 0 bridgehead atoms. The van der Waals surface area contributed by atoms with E-state index in [1.165, 1.54) is 5.39 Å². The van der Waals surface area contributed by atoms with Gasteiger partial charge in [-0.3, -0.25) is 0 Å². The number of rotatable bonds is 3. The van der Waals surface area contributed by atoms with E-state index in [1.54, 1.807) is 0 Å². The Morgan fingerprint density at radius 2 is 0.870 bits per heavy atom. The standard InChI is InChI=1S/C49H27N3O2/c50-28-31-23-30(19-22-41(31)52-43-14-6-2-10-34(43)38-27-49-40(25-45(38)52)36-12-4-8-16-47(36)54-49)29-17-20-32(21-18-29)51-42-13-5-1-9-33(42)37-26-48-39(24-44(37)51)35-11-3-7-15-46(35)53-48/h1-27H. The van der Waals surface area contributed by atoms with E-state index in [4.69, 9.17) is 8.83 Å². The number of para-hydroxylation sites is 4. The molecular weight excluding hydrogens is 663 g/mol. The van der Waals surface area contributed by atoms with Crippen molar-refractivity contribution in [1.29, 1.82) is 5.26 Å². The fraction of sp³-hybridized carbons (Fsp3) is 0. The molecule has 0 saturated carbocycles. The first-order valence-corrected chi connectivity index (χ1v) is 18.1. The summed E-state index contributed by atoms with van der Waals surface area (Å²) in [7, 11) is 0. The van der Waals surface area contributed by atoms with Crippen LogP contribution in [0.1, 0.15) is 5.56 Å². The van der Waals surface area contributed by atoms with E-state index in [-0.39, 0.29) is 0 Å². The minimum absolute atomic E-state index is 0.607. The van der Waals surface area contributed by atoms with Gasteiger partial charge < -0.3 is 18.0 Å². The van der Waals surface area contributed by atoms with Crippen molar-refractivity contribution in [2.24, 2.45) is 0 Å². The zero-order valence-corrected chi connectivity index (χ0v) is 28.7. The van der Waals surface area contributed by atoms with Gasteiger partial charge in [-0.2, -0.15) is 5.26 Å². The Kier molecular flexibility index (Phi) is 5.78. The number of nitriles is 1. The molecule has 0 unspecified atom stereocenters. The van der Waals surface area contributed by atoms with Gasteiger partial charge in [0.05, 0.1) is 33.3 Å². The van der Waals surface area contributed by atoms with Crippen LogP contribution in [0.25, 0.3) is 110 Å². The first kappa shape index (κ1) is 29.1. The predicted molar refractivity (Wildman–Crippen MR) is 220 cm³/mol. The summed E-state index contributed by atoms with van der Waals surface area (Å²) in [5.74, 6) is 0. The van der Waals surface area contributed by atoms with Crippen LogP contribution in [0.15, 0.2) is 173 Å². The number of hydrogen-bond donors (Lipinski definition) is 0.